The minimum absolute atomic E-state index is 0.380. The Balaban J connectivity index is 1.15. The molecule has 0 bridgehead atoms. The van der Waals surface area contributed by atoms with Gasteiger partial charge >= 0.3 is 0 Å². The van der Waals surface area contributed by atoms with Gasteiger partial charge in [-0.05, 0) is 85.0 Å². The zero-order valence-electron chi connectivity index (χ0n) is 27.9. The molecule has 0 fully saturated rings. The molecular weight excluding hydrogens is 617 g/mol. The van der Waals surface area contributed by atoms with Gasteiger partial charge in [-0.1, -0.05) is 176 Å². The Morgan fingerprint density at radius 3 is 1.29 bits per heavy atom. The van der Waals surface area contributed by atoms with Crippen molar-refractivity contribution in [3.63, 3.8) is 0 Å². The van der Waals surface area contributed by atoms with Crippen molar-refractivity contribution in [3.05, 3.63) is 239 Å². The Labute approximate surface area is 298 Å². The molecule has 2 aliphatic carbocycles. The van der Waals surface area contributed by atoms with Crippen LogP contribution in [0, 0.1) is 0 Å². The van der Waals surface area contributed by atoms with Gasteiger partial charge in [0.05, 0.1) is 10.8 Å². The molecule has 0 saturated carbocycles. The maximum Gasteiger partial charge on any atom is 0.132 e. The SMILES string of the molecule is c1ccc(C2(c3ccccc3)c3ccccc3Oc3cc(-c4ccc5c(c4)C4(c6ccccc6-c6ccccc64)c4ccccc4-5)ccc32)cc1. The second-order valence-corrected chi connectivity index (χ2v) is 13.9. The second kappa shape index (κ2) is 10.5. The van der Waals surface area contributed by atoms with Gasteiger partial charge in [-0.3, -0.25) is 0 Å². The molecule has 0 saturated heterocycles. The van der Waals surface area contributed by atoms with E-state index >= 15 is 0 Å². The van der Waals surface area contributed by atoms with Gasteiger partial charge in [0.1, 0.15) is 11.5 Å². The van der Waals surface area contributed by atoms with E-state index in [9.17, 15) is 0 Å². The van der Waals surface area contributed by atoms with Crippen LogP contribution in [0.2, 0.25) is 0 Å². The molecule has 0 aromatic heterocycles. The normalized spacial score (nSPS) is 14.7. The van der Waals surface area contributed by atoms with Crippen LogP contribution >= 0.6 is 0 Å². The summed E-state index contributed by atoms with van der Waals surface area (Å²) < 4.78 is 6.87. The predicted molar refractivity (Wildman–Crippen MR) is 207 cm³/mol. The Morgan fingerprint density at radius 1 is 0.275 bits per heavy atom. The van der Waals surface area contributed by atoms with Crippen molar-refractivity contribution in [2.45, 2.75) is 10.8 Å². The molecule has 1 nitrogen and oxygen atoms in total. The van der Waals surface area contributed by atoms with Crippen LogP contribution in [-0.2, 0) is 10.8 Å². The fraction of sp³-hybridized carbons (Fsp3) is 0.0400. The standard InChI is InChI=1S/C50H32O/c1-3-15-35(16-4-1)49(36-17-5-2-6-18-36)44-25-13-14-26-47(44)51-48-32-34(28-30-45(48)49)33-27-29-40-39-21-9-12-24-43(39)50(46(40)31-33)41-22-10-7-19-37(41)38-20-8-11-23-42(38)50/h1-32H. The van der Waals surface area contributed by atoms with Crippen LogP contribution in [0.15, 0.2) is 194 Å². The number of para-hydroxylation sites is 1. The number of hydrogen-bond acceptors (Lipinski definition) is 1. The molecule has 1 spiro atoms. The summed E-state index contributed by atoms with van der Waals surface area (Å²) >= 11 is 0. The van der Waals surface area contributed by atoms with E-state index in [-0.39, 0.29) is 5.41 Å². The third-order valence-corrected chi connectivity index (χ3v) is 11.6. The molecule has 0 atom stereocenters. The first-order valence-corrected chi connectivity index (χ1v) is 17.8. The van der Waals surface area contributed by atoms with Crippen molar-refractivity contribution >= 4 is 0 Å². The first-order valence-electron chi connectivity index (χ1n) is 17.8. The van der Waals surface area contributed by atoms with Crippen LogP contribution in [0.3, 0.4) is 0 Å². The third-order valence-electron chi connectivity index (χ3n) is 11.6. The zero-order chi connectivity index (χ0) is 33.6. The quantitative estimate of drug-likeness (QED) is 0.185. The summed E-state index contributed by atoms with van der Waals surface area (Å²) in [5.74, 6) is 1.77. The minimum atomic E-state index is -0.536. The Hall–Kier alpha value is -6.44. The van der Waals surface area contributed by atoms with Crippen molar-refractivity contribution in [2.75, 3.05) is 0 Å². The summed E-state index contributed by atoms with van der Waals surface area (Å²) in [6.45, 7) is 0. The fourth-order valence-corrected chi connectivity index (χ4v) is 9.66. The van der Waals surface area contributed by atoms with Crippen molar-refractivity contribution in [2.24, 2.45) is 0 Å². The lowest BCUT2D eigenvalue weighted by Gasteiger charge is -2.41. The Bertz CT molecular complexity index is 2570. The summed E-state index contributed by atoms with van der Waals surface area (Å²) in [6, 6.07) is 71.2. The smallest absolute Gasteiger partial charge is 0.132 e. The van der Waals surface area contributed by atoms with Crippen molar-refractivity contribution in [3.8, 4) is 44.9 Å². The minimum Gasteiger partial charge on any atom is -0.457 e. The molecule has 51 heavy (non-hydrogen) atoms. The molecule has 8 aromatic rings. The summed E-state index contributed by atoms with van der Waals surface area (Å²) in [5.41, 5.74) is 16.8. The highest BCUT2D eigenvalue weighted by Gasteiger charge is 2.51. The van der Waals surface area contributed by atoms with E-state index in [0.717, 1.165) is 28.2 Å². The summed E-state index contributed by atoms with van der Waals surface area (Å²) in [4.78, 5) is 0. The Morgan fingerprint density at radius 2 is 0.706 bits per heavy atom. The highest BCUT2D eigenvalue weighted by molar-refractivity contribution is 5.96. The van der Waals surface area contributed by atoms with Gasteiger partial charge in [0.15, 0.2) is 0 Å². The molecule has 0 unspecified atom stereocenters. The third kappa shape index (κ3) is 3.65. The second-order valence-electron chi connectivity index (χ2n) is 13.9. The van der Waals surface area contributed by atoms with Crippen molar-refractivity contribution in [1.82, 2.24) is 0 Å². The van der Waals surface area contributed by atoms with E-state index in [2.05, 4.69) is 194 Å². The summed E-state index contributed by atoms with van der Waals surface area (Å²) in [5, 5.41) is 0. The molecule has 1 heteroatoms. The van der Waals surface area contributed by atoms with E-state index in [1.54, 1.807) is 0 Å². The molecule has 0 amide bonds. The largest absolute Gasteiger partial charge is 0.457 e. The molecule has 1 heterocycles. The average molecular weight is 649 g/mol. The fourth-order valence-electron chi connectivity index (χ4n) is 9.66. The van der Waals surface area contributed by atoms with Crippen LogP contribution in [0.5, 0.6) is 11.5 Å². The number of benzene rings is 8. The monoisotopic (exact) mass is 648 g/mol. The number of hydrogen-bond donors (Lipinski definition) is 0. The lowest BCUT2D eigenvalue weighted by Crippen LogP contribution is -2.34. The van der Waals surface area contributed by atoms with E-state index in [0.29, 0.717) is 0 Å². The van der Waals surface area contributed by atoms with Crippen LogP contribution in [0.25, 0.3) is 33.4 Å². The van der Waals surface area contributed by atoms with Crippen LogP contribution in [0.1, 0.15) is 44.5 Å². The van der Waals surface area contributed by atoms with Crippen LogP contribution in [0.4, 0.5) is 0 Å². The lowest BCUT2D eigenvalue weighted by molar-refractivity contribution is 0.435. The number of ether oxygens (including phenoxy) is 1. The highest BCUT2D eigenvalue weighted by atomic mass is 16.5. The number of rotatable bonds is 3. The number of fused-ring (bicyclic) bond motifs is 12. The van der Waals surface area contributed by atoms with Gasteiger partial charge in [0.25, 0.3) is 0 Å². The molecule has 238 valence electrons. The van der Waals surface area contributed by atoms with E-state index in [1.807, 2.05) is 0 Å². The molecule has 0 N–H and O–H groups in total. The van der Waals surface area contributed by atoms with Crippen LogP contribution < -0.4 is 4.74 Å². The van der Waals surface area contributed by atoms with Crippen LogP contribution in [-0.4, -0.2) is 0 Å². The Kier molecular flexibility index (Phi) is 5.86. The first-order chi connectivity index (χ1) is 25.3. The maximum atomic E-state index is 6.87. The van der Waals surface area contributed by atoms with Gasteiger partial charge in [-0.25, -0.2) is 0 Å². The predicted octanol–water partition coefficient (Wildman–Crippen LogP) is 12.2. The zero-order valence-corrected chi connectivity index (χ0v) is 27.9. The van der Waals surface area contributed by atoms with Crippen molar-refractivity contribution in [1.29, 1.82) is 0 Å². The summed E-state index contributed by atoms with van der Waals surface area (Å²) in [6.07, 6.45) is 0. The van der Waals surface area contributed by atoms with Gasteiger partial charge in [-0.2, -0.15) is 0 Å². The molecule has 3 aliphatic rings. The van der Waals surface area contributed by atoms with E-state index in [4.69, 9.17) is 4.74 Å². The highest BCUT2D eigenvalue weighted by Crippen LogP contribution is 2.63. The van der Waals surface area contributed by atoms with E-state index < -0.39 is 5.41 Å². The summed E-state index contributed by atoms with van der Waals surface area (Å²) in [7, 11) is 0. The maximum absolute atomic E-state index is 6.87. The molecule has 0 radical (unpaired) electrons. The average Bonchev–Trinajstić information content (AvgIpc) is 3.67. The molecule has 11 rings (SSSR count). The molecule has 8 aromatic carbocycles. The topological polar surface area (TPSA) is 9.23 Å². The van der Waals surface area contributed by atoms with Gasteiger partial charge in [0.2, 0.25) is 0 Å². The first kappa shape index (κ1) is 28.4. The van der Waals surface area contributed by atoms with Gasteiger partial charge < -0.3 is 4.74 Å². The van der Waals surface area contributed by atoms with Crippen molar-refractivity contribution < 1.29 is 4.74 Å². The van der Waals surface area contributed by atoms with Gasteiger partial charge in [0, 0.05) is 11.1 Å². The lowest BCUT2D eigenvalue weighted by atomic mass is 9.63. The molecular formula is C50H32O. The molecule has 1 aliphatic heterocycles. The van der Waals surface area contributed by atoms with Gasteiger partial charge in [-0.15, -0.1) is 0 Å². The van der Waals surface area contributed by atoms with E-state index in [1.165, 1.54) is 61.2 Å².